The number of hydrogen-bond donors (Lipinski definition) is 1. The van der Waals surface area contributed by atoms with E-state index >= 15 is 0 Å². The Bertz CT molecular complexity index is 560. The Labute approximate surface area is 104 Å². The van der Waals surface area contributed by atoms with E-state index in [1.54, 1.807) is 0 Å². The lowest BCUT2D eigenvalue weighted by Gasteiger charge is -2.02. The molecule has 0 radical (unpaired) electrons. The van der Waals surface area contributed by atoms with Gasteiger partial charge in [0.25, 0.3) is 12.0 Å². The van der Waals surface area contributed by atoms with Crippen LogP contribution in [0.5, 0.6) is 0 Å². The second kappa shape index (κ2) is 4.83. The van der Waals surface area contributed by atoms with Crippen LogP contribution in [0.4, 0.5) is 8.78 Å². The summed E-state index contributed by atoms with van der Waals surface area (Å²) in [5.74, 6) is 0. The maximum Gasteiger partial charge on any atom is 0.279 e. The van der Waals surface area contributed by atoms with Gasteiger partial charge in [-0.1, -0.05) is 28.1 Å². The number of halogens is 3. The standard InChI is InChI=1S/C11H9BrF2N2O/c12-8-3-1-7(2-4-8)6-16-10(17)5-9(15-16)11(13)14/h1-5,11,15H,6H2. The van der Waals surface area contributed by atoms with Crippen molar-refractivity contribution in [2.75, 3.05) is 0 Å². The first-order chi connectivity index (χ1) is 8.06. The van der Waals surface area contributed by atoms with Crippen molar-refractivity contribution in [2.45, 2.75) is 13.0 Å². The average molecular weight is 303 g/mol. The Morgan fingerprint density at radius 1 is 1.29 bits per heavy atom. The van der Waals surface area contributed by atoms with E-state index in [4.69, 9.17) is 0 Å². The summed E-state index contributed by atoms with van der Waals surface area (Å²) in [6.45, 7) is 0.249. The van der Waals surface area contributed by atoms with Crippen molar-refractivity contribution in [3.63, 3.8) is 0 Å². The van der Waals surface area contributed by atoms with Crippen LogP contribution in [0.2, 0.25) is 0 Å². The van der Waals surface area contributed by atoms with Crippen molar-refractivity contribution in [3.8, 4) is 0 Å². The molecule has 0 bridgehead atoms. The number of aromatic amines is 1. The van der Waals surface area contributed by atoms with Crippen LogP contribution in [0.25, 0.3) is 0 Å². The van der Waals surface area contributed by atoms with Crippen molar-refractivity contribution in [1.29, 1.82) is 0 Å². The number of alkyl halides is 2. The highest BCUT2D eigenvalue weighted by Gasteiger charge is 2.12. The van der Waals surface area contributed by atoms with Crippen molar-refractivity contribution in [2.24, 2.45) is 0 Å². The molecular formula is C11H9BrF2N2O. The molecule has 90 valence electrons. The van der Waals surface area contributed by atoms with Crippen LogP contribution >= 0.6 is 15.9 Å². The highest BCUT2D eigenvalue weighted by atomic mass is 79.9. The molecule has 0 spiro atoms. The van der Waals surface area contributed by atoms with Gasteiger partial charge in [0, 0.05) is 10.5 Å². The fraction of sp³-hybridized carbons (Fsp3) is 0.182. The highest BCUT2D eigenvalue weighted by molar-refractivity contribution is 9.10. The molecule has 3 nitrogen and oxygen atoms in total. The molecule has 0 atom stereocenters. The minimum atomic E-state index is -2.66. The summed E-state index contributed by atoms with van der Waals surface area (Å²) in [7, 11) is 0. The quantitative estimate of drug-likeness (QED) is 0.930. The molecule has 2 rings (SSSR count). The molecule has 1 aromatic heterocycles. The van der Waals surface area contributed by atoms with Crippen molar-refractivity contribution < 1.29 is 8.78 Å². The molecule has 0 aliphatic rings. The summed E-state index contributed by atoms with van der Waals surface area (Å²) in [5, 5.41) is 2.39. The van der Waals surface area contributed by atoms with Crippen LogP contribution in [-0.2, 0) is 6.54 Å². The minimum Gasteiger partial charge on any atom is -0.294 e. The molecule has 6 heteroatoms. The number of nitrogens with zero attached hydrogens (tertiary/aromatic N) is 1. The van der Waals surface area contributed by atoms with Crippen LogP contribution in [0.3, 0.4) is 0 Å². The Kier molecular flexibility index (Phi) is 3.42. The van der Waals surface area contributed by atoms with Gasteiger partial charge in [-0.15, -0.1) is 0 Å². The van der Waals surface area contributed by atoms with Crippen LogP contribution in [-0.4, -0.2) is 9.78 Å². The molecule has 0 saturated heterocycles. The number of nitrogens with one attached hydrogen (secondary N) is 1. The first kappa shape index (κ1) is 12.0. The normalized spacial score (nSPS) is 11.1. The number of benzene rings is 1. The fourth-order valence-corrected chi connectivity index (χ4v) is 1.72. The predicted molar refractivity (Wildman–Crippen MR) is 63.3 cm³/mol. The molecule has 1 aromatic carbocycles. The van der Waals surface area contributed by atoms with Gasteiger partial charge in [-0.3, -0.25) is 9.89 Å². The summed E-state index contributed by atoms with van der Waals surface area (Å²) in [5.41, 5.74) is 0.0493. The van der Waals surface area contributed by atoms with Gasteiger partial charge < -0.3 is 0 Å². The minimum absolute atomic E-state index is 0.249. The van der Waals surface area contributed by atoms with Crippen LogP contribution < -0.4 is 5.56 Å². The SMILES string of the molecule is O=c1cc(C(F)F)[nH]n1Cc1ccc(Br)cc1. The molecule has 0 unspecified atom stereocenters. The van der Waals surface area contributed by atoms with Gasteiger partial charge in [-0.2, -0.15) is 0 Å². The first-order valence-electron chi connectivity index (χ1n) is 4.88. The second-order valence-electron chi connectivity index (χ2n) is 3.56. The maximum absolute atomic E-state index is 12.4. The lowest BCUT2D eigenvalue weighted by Crippen LogP contribution is -2.16. The Balaban J connectivity index is 2.24. The molecule has 1 heterocycles. The molecular weight excluding hydrogens is 294 g/mol. The summed E-state index contributed by atoms with van der Waals surface area (Å²) >= 11 is 3.29. The number of hydrogen-bond acceptors (Lipinski definition) is 1. The largest absolute Gasteiger partial charge is 0.294 e. The summed E-state index contributed by atoms with van der Waals surface area (Å²) in [6, 6.07) is 8.22. The van der Waals surface area contributed by atoms with Gasteiger partial charge >= 0.3 is 0 Å². The monoisotopic (exact) mass is 302 g/mol. The highest BCUT2D eigenvalue weighted by Crippen LogP contribution is 2.14. The maximum atomic E-state index is 12.4. The summed E-state index contributed by atoms with van der Waals surface area (Å²) < 4.78 is 26.8. The van der Waals surface area contributed by atoms with Crippen molar-refractivity contribution in [3.05, 3.63) is 56.4 Å². The van der Waals surface area contributed by atoms with Gasteiger partial charge in [0.05, 0.1) is 6.54 Å². The molecule has 0 amide bonds. The first-order valence-corrected chi connectivity index (χ1v) is 5.68. The van der Waals surface area contributed by atoms with E-state index in [1.165, 1.54) is 0 Å². The Morgan fingerprint density at radius 3 is 2.47 bits per heavy atom. The van der Waals surface area contributed by atoms with Gasteiger partial charge in [-0.05, 0) is 17.7 Å². The molecule has 2 aromatic rings. The fourth-order valence-electron chi connectivity index (χ4n) is 1.46. The molecule has 0 saturated carbocycles. The zero-order valence-electron chi connectivity index (χ0n) is 8.66. The van der Waals surface area contributed by atoms with Crippen molar-refractivity contribution >= 4 is 15.9 Å². The zero-order valence-corrected chi connectivity index (χ0v) is 10.2. The smallest absolute Gasteiger partial charge is 0.279 e. The number of rotatable bonds is 3. The third-order valence-electron chi connectivity index (χ3n) is 2.30. The zero-order chi connectivity index (χ0) is 12.4. The van der Waals surface area contributed by atoms with Crippen LogP contribution in [0.1, 0.15) is 17.7 Å². The van der Waals surface area contributed by atoms with E-state index < -0.39 is 12.0 Å². The molecule has 1 N–H and O–H groups in total. The number of H-pyrrole nitrogens is 1. The molecule has 0 fully saturated rings. The van der Waals surface area contributed by atoms with E-state index in [1.807, 2.05) is 24.3 Å². The third-order valence-corrected chi connectivity index (χ3v) is 2.83. The number of aromatic nitrogens is 2. The summed E-state index contributed by atoms with van der Waals surface area (Å²) in [6.07, 6.45) is -2.66. The second-order valence-corrected chi connectivity index (χ2v) is 4.48. The van der Waals surface area contributed by atoms with E-state index in [-0.39, 0.29) is 12.2 Å². The Morgan fingerprint density at radius 2 is 1.94 bits per heavy atom. The van der Waals surface area contributed by atoms with Crippen LogP contribution in [0.15, 0.2) is 39.6 Å². The molecule has 0 aliphatic heterocycles. The van der Waals surface area contributed by atoms with E-state index in [0.717, 1.165) is 20.8 Å². The molecule has 17 heavy (non-hydrogen) atoms. The average Bonchev–Trinajstić information content (AvgIpc) is 2.64. The van der Waals surface area contributed by atoms with Gasteiger partial charge in [0.15, 0.2) is 0 Å². The summed E-state index contributed by atoms with van der Waals surface area (Å²) in [4.78, 5) is 11.4. The van der Waals surface area contributed by atoms with Crippen LogP contribution in [0, 0.1) is 0 Å². The van der Waals surface area contributed by atoms with Gasteiger partial charge in [0.1, 0.15) is 5.69 Å². The van der Waals surface area contributed by atoms with Gasteiger partial charge in [-0.25, -0.2) is 13.5 Å². The van der Waals surface area contributed by atoms with E-state index in [0.29, 0.717) is 0 Å². The lowest BCUT2D eigenvalue weighted by molar-refractivity contribution is 0.145. The van der Waals surface area contributed by atoms with E-state index in [2.05, 4.69) is 21.0 Å². The topological polar surface area (TPSA) is 37.8 Å². The lowest BCUT2D eigenvalue weighted by atomic mass is 10.2. The molecule has 0 aliphatic carbocycles. The van der Waals surface area contributed by atoms with Gasteiger partial charge in [0.2, 0.25) is 0 Å². The predicted octanol–water partition coefficient (Wildman–Crippen LogP) is 2.92. The third kappa shape index (κ3) is 2.82. The Hall–Kier alpha value is -1.43. The van der Waals surface area contributed by atoms with Crippen molar-refractivity contribution in [1.82, 2.24) is 9.78 Å². The van der Waals surface area contributed by atoms with E-state index in [9.17, 15) is 13.6 Å².